The van der Waals surface area contributed by atoms with E-state index in [1.807, 2.05) is 10.9 Å². The first-order valence-electron chi connectivity index (χ1n) is 9.12. The van der Waals surface area contributed by atoms with E-state index in [1.54, 1.807) is 12.4 Å². The molecular weight excluding hydrogens is 331 g/mol. The Hall–Kier alpha value is -2.54. The maximum absolute atomic E-state index is 13.7. The normalized spacial score (nSPS) is 16.2. The summed E-state index contributed by atoms with van der Waals surface area (Å²) in [5.74, 6) is 0.577. The number of benzene rings is 1. The van der Waals surface area contributed by atoms with Crippen molar-refractivity contribution in [3.05, 3.63) is 48.3 Å². The third-order valence-corrected chi connectivity index (χ3v) is 4.88. The van der Waals surface area contributed by atoms with Gasteiger partial charge < -0.3 is 4.90 Å². The predicted molar refractivity (Wildman–Crippen MR) is 99.5 cm³/mol. The molecule has 1 saturated heterocycles. The average molecular weight is 354 g/mol. The molecule has 2 aromatic heterocycles. The van der Waals surface area contributed by atoms with Gasteiger partial charge in [0.1, 0.15) is 18.0 Å². The van der Waals surface area contributed by atoms with Crippen LogP contribution in [0, 0.1) is 5.82 Å². The topological polar surface area (TPSA) is 50.1 Å². The maximum atomic E-state index is 13.7. The van der Waals surface area contributed by atoms with E-state index in [0.29, 0.717) is 0 Å². The Labute approximate surface area is 152 Å². The number of fused-ring (bicyclic) bond motifs is 1. The number of hydrogen-bond acceptors (Lipinski definition) is 5. The molecule has 4 rings (SSSR count). The largest absolute Gasteiger partial charge is 0.355 e. The third kappa shape index (κ3) is 3.53. The number of aryl methyl sites for hydroxylation is 1. The summed E-state index contributed by atoms with van der Waals surface area (Å²) in [5.41, 5.74) is 2.03. The van der Waals surface area contributed by atoms with Crippen LogP contribution in [0.1, 0.15) is 18.9 Å². The summed E-state index contributed by atoms with van der Waals surface area (Å²) in [7, 11) is 0. The molecule has 136 valence electrons. The number of hydrogen-bond donors (Lipinski definition) is 0. The smallest absolute Gasteiger partial charge is 0.140 e. The van der Waals surface area contributed by atoms with Crippen molar-refractivity contribution in [3.63, 3.8) is 0 Å². The minimum absolute atomic E-state index is 0.252. The van der Waals surface area contributed by atoms with Crippen LogP contribution in [0.3, 0.4) is 0 Å². The van der Waals surface area contributed by atoms with Gasteiger partial charge in [0.05, 0.1) is 11.7 Å². The first-order valence-corrected chi connectivity index (χ1v) is 9.12. The Morgan fingerprint density at radius 3 is 2.88 bits per heavy atom. The van der Waals surface area contributed by atoms with Crippen LogP contribution in [0.2, 0.25) is 0 Å². The zero-order valence-corrected chi connectivity index (χ0v) is 15.0. The van der Waals surface area contributed by atoms with Crippen molar-refractivity contribution in [1.29, 1.82) is 0 Å². The highest BCUT2D eigenvalue weighted by atomic mass is 19.1. The molecule has 1 aromatic carbocycles. The first-order chi connectivity index (χ1) is 12.7. The van der Waals surface area contributed by atoms with Crippen molar-refractivity contribution < 1.29 is 4.39 Å². The maximum Gasteiger partial charge on any atom is 0.140 e. The molecule has 3 heterocycles. The van der Waals surface area contributed by atoms with Gasteiger partial charge in [0, 0.05) is 56.4 Å². The quantitative estimate of drug-likeness (QED) is 0.721. The Kier molecular flexibility index (Phi) is 4.79. The van der Waals surface area contributed by atoms with Gasteiger partial charge in [0.15, 0.2) is 0 Å². The fraction of sp³-hybridized carbons (Fsp3) is 0.421. The predicted octanol–water partition coefficient (Wildman–Crippen LogP) is 2.70. The lowest BCUT2D eigenvalue weighted by Gasteiger charge is -2.23. The van der Waals surface area contributed by atoms with E-state index in [2.05, 4.69) is 38.0 Å². The van der Waals surface area contributed by atoms with Crippen LogP contribution in [0.25, 0.3) is 10.9 Å². The Bertz CT molecular complexity index is 893. The summed E-state index contributed by atoms with van der Waals surface area (Å²) in [6.07, 6.45) is 6.68. The van der Waals surface area contributed by atoms with Crippen LogP contribution in [0.4, 0.5) is 10.2 Å². The fourth-order valence-corrected chi connectivity index (χ4v) is 3.53. The van der Waals surface area contributed by atoms with Gasteiger partial charge in [-0.05, 0) is 31.5 Å². The summed E-state index contributed by atoms with van der Waals surface area (Å²) >= 11 is 0. The van der Waals surface area contributed by atoms with Crippen LogP contribution in [0.5, 0.6) is 0 Å². The molecule has 0 bridgehead atoms. The number of anilines is 1. The lowest BCUT2D eigenvalue weighted by molar-refractivity contribution is 0.285. The molecule has 3 aromatic rings. The van der Waals surface area contributed by atoms with Crippen LogP contribution in [0.15, 0.2) is 36.9 Å². The summed E-state index contributed by atoms with van der Waals surface area (Å²) in [5, 5.41) is 5.14. The van der Waals surface area contributed by atoms with Crippen molar-refractivity contribution in [2.75, 3.05) is 31.1 Å². The van der Waals surface area contributed by atoms with E-state index in [1.165, 1.54) is 17.7 Å². The van der Waals surface area contributed by atoms with E-state index in [-0.39, 0.29) is 5.82 Å². The second-order valence-electron chi connectivity index (χ2n) is 6.68. The highest BCUT2D eigenvalue weighted by molar-refractivity contribution is 5.89. The molecule has 0 unspecified atom stereocenters. The van der Waals surface area contributed by atoms with Gasteiger partial charge in [-0.2, -0.15) is 5.10 Å². The highest BCUT2D eigenvalue weighted by Gasteiger charge is 2.19. The third-order valence-electron chi connectivity index (χ3n) is 4.88. The zero-order chi connectivity index (χ0) is 17.9. The lowest BCUT2D eigenvalue weighted by atomic mass is 10.2. The molecule has 0 spiro atoms. The number of aromatic nitrogens is 4. The second kappa shape index (κ2) is 7.37. The van der Waals surface area contributed by atoms with Crippen LogP contribution in [-0.2, 0) is 13.1 Å². The van der Waals surface area contributed by atoms with E-state index in [9.17, 15) is 4.39 Å². The molecule has 7 heteroatoms. The van der Waals surface area contributed by atoms with E-state index >= 15 is 0 Å². The van der Waals surface area contributed by atoms with E-state index < -0.39 is 0 Å². The van der Waals surface area contributed by atoms with Crippen LogP contribution in [-0.4, -0.2) is 50.8 Å². The van der Waals surface area contributed by atoms with Crippen LogP contribution < -0.4 is 4.90 Å². The van der Waals surface area contributed by atoms with Gasteiger partial charge >= 0.3 is 0 Å². The number of halogens is 1. The van der Waals surface area contributed by atoms with Crippen molar-refractivity contribution in [1.82, 2.24) is 24.6 Å². The highest BCUT2D eigenvalue weighted by Crippen LogP contribution is 2.24. The molecular formula is C19H23FN6. The molecule has 0 atom stereocenters. The molecule has 0 amide bonds. The molecule has 0 radical (unpaired) electrons. The Morgan fingerprint density at radius 1 is 1.12 bits per heavy atom. The molecule has 1 fully saturated rings. The summed E-state index contributed by atoms with van der Waals surface area (Å²) in [4.78, 5) is 13.4. The fourth-order valence-electron chi connectivity index (χ4n) is 3.53. The summed E-state index contributed by atoms with van der Waals surface area (Å²) in [6.45, 7) is 7.65. The average Bonchev–Trinajstić information content (AvgIpc) is 2.98. The zero-order valence-electron chi connectivity index (χ0n) is 15.0. The number of nitrogens with zero attached hydrogens (tertiary/aromatic N) is 6. The van der Waals surface area contributed by atoms with Gasteiger partial charge in [-0.25, -0.2) is 14.4 Å². The van der Waals surface area contributed by atoms with Gasteiger partial charge in [0.25, 0.3) is 0 Å². The minimum atomic E-state index is -0.252. The standard InChI is InChI=1S/C19H23FN6/c1-2-26-13-15(11-23-26)12-24-6-3-7-25(9-8-24)19-17-10-16(20)4-5-18(17)21-14-22-19/h4-5,10-11,13-14H,2-3,6-9,12H2,1H3. The molecule has 0 aliphatic carbocycles. The molecule has 1 aliphatic rings. The number of rotatable bonds is 4. The van der Waals surface area contributed by atoms with Crippen molar-refractivity contribution in [2.24, 2.45) is 0 Å². The van der Waals surface area contributed by atoms with Gasteiger partial charge in [0.2, 0.25) is 0 Å². The van der Waals surface area contributed by atoms with Crippen LogP contribution >= 0.6 is 0 Å². The molecule has 1 aliphatic heterocycles. The molecule has 0 N–H and O–H groups in total. The Balaban J connectivity index is 1.49. The van der Waals surface area contributed by atoms with Gasteiger partial charge in [-0.1, -0.05) is 0 Å². The van der Waals surface area contributed by atoms with Gasteiger partial charge in [-0.15, -0.1) is 0 Å². The van der Waals surface area contributed by atoms with E-state index in [0.717, 1.165) is 62.4 Å². The first kappa shape index (κ1) is 16.9. The lowest BCUT2D eigenvalue weighted by Crippen LogP contribution is -2.31. The molecule has 0 saturated carbocycles. The van der Waals surface area contributed by atoms with E-state index in [4.69, 9.17) is 0 Å². The molecule has 26 heavy (non-hydrogen) atoms. The summed E-state index contributed by atoms with van der Waals surface area (Å²) in [6, 6.07) is 4.69. The SMILES string of the molecule is CCn1cc(CN2CCCN(c3ncnc4ccc(F)cc34)CC2)cn1. The minimum Gasteiger partial charge on any atom is -0.355 e. The Morgan fingerprint density at radius 2 is 2.04 bits per heavy atom. The monoisotopic (exact) mass is 354 g/mol. The van der Waals surface area contributed by atoms with Crippen molar-refractivity contribution >= 4 is 16.7 Å². The second-order valence-corrected chi connectivity index (χ2v) is 6.68. The molecule has 6 nitrogen and oxygen atoms in total. The summed E-state index contributed by atoms with van der Waals surface area (Å²) < 4.78 is 15.7. The van der Waals surface area contributed by atoms with Gasteiger partial charge in [-0.3, -0.25) is 9.58 Å². The van der Waals surface area contributed by atoms with Crippen molar-refractivity contribution in [2.45, 2.75) is 26.4 Å². The van der Waals surface area contributed by atoms with Crippen molar-refractivity contribution in [3.8, 4) is 0 Å².